The van der Waals surface area contributed by atoms with Gasteiger partial charge in [0.2, 0.25) is 0 Å². The Labute approximate surface area is 211 Å². The molecule has 0 aliphatic heterocycles. The number of carbonyl (C=O) groups excluding carboxylic acids is 1. The van der Waals surface area contributed by atoms with E-state index < -0.39 is 5.97 Å². The largest absolute Gasteiger partial charge is 0.494 e. The molecule has 3 aromatic carbocycles. The van der Waals surface area contributed by atoms with Crippen LogP contribution in [-0.4, -0.2) is 60.6 Å². The molecule has 1 heterocycles. The van der Waals surface area contributed by atoms with Gasteiger partial charge in [-0.3, -0.25) is 4.90 Å². The number of likely N-dealkylation sites (N-methyl/N-ethyl adjacent to an activating group) is 1. The Hall–Kier alpha value is -3.94. The molecule has 0 aliphatic carbocycles. The van der Waals surface area contributed by atoms with E-state index in [4.69, 9.17) is 14.5 Å². The zero-order valence-electron chi connectivity index (χ0n) is 20.8. The number of H-pyrrole nitrogens is 1. The van der Waals surface area contributed by atoms with Crippen molar-refractivity contribution in [2.75, 3.05) is 33.9 Å². The Balaban J connectivity index is 1.72. The fourth-order valence-electron chi connectivity index (χ4n) is 4.07. The Bertz CT molecular complexity index is 1340. The lowest BCUT2D eigenvalue weighted by molar-refractivity contribution is 0.0526. The molecule has 0 spiro atoms. The number of rotatable bonds is 10. The summed E-state index contributed by atoms with van der Waals surface area (Å²) in [6, 6.07) is 23.0. The first-order valence-electron chi connectivity index (χ1n) is 11.9. The second-order valence-corrected chi connectivity index (χ2v) is 8.55. The number of hydrogen-bond acceptors (Lipinski definition) is 6. The van der Waals surface area contributed by atoms with Crippen LogP contribution in [0.3, 0.4) is 0 Å². The number of aromatic nitrogens is 1. The predicted octanol–water partition coefficient (Wildman–Crippen LogP) is 5.30. The van der Waals surface area contributed by atoms with Gasteiger partial charge in [0.1, 0.15) is 0 Å². The quantitative estimate of drug-likeness (QED) is 0.235. The van der Waals surface area contributed by atoms with Crippen LogP contribution in [0.4, 0.5) is 5.69 Å². The molecule has 0 unspecified atom stereocenters. The first-order chi connectivity index (χ1) is 17.5. The lowest BCUT2D eigenvalue weighted by atomic mass is 10.00. The highest BCUT2D eigenvalue weighted by atomic mass is 16.5. The van der Waals surface area contributed by atoms with Crippen LogP contribution >= 0.6 is 0 Å². The maximum absolute atomic E-state index is 12.2. The Morgan fingerprint density at radius 2 is 1.78 bits per heavy atom. The van der Waals surface area contributed by atoms with Crippen molar-refractivity contribution in [2.45, 2.75) is 13.5 Å². The maximum Gasteiger partial charge on any atom is 0.338 e. The highest BCUT2D eigenvalue weighted by Gasteiger charge is 2.20. The van der Waals surface area contributed by atoms with E-state index in [1.54, 1.807) is 26.2 Å². The molecule has 4 rings (SSSR count). The van der Waals surface area contributed by atoms with Crippen molar-refractivity contribution >= 4 is 28.3 Å². The normalized spacial score (nSPS) is 11.8. The van der Waals surface area contributed by atoms with Gasteiger partial charge in [-0.25, -0.2) is 9.79 Å². The molecule has 0 amide bonds. The third-order valence-corrected chi connectivity index (χ3v) is 5.88. The van der Waals surface area contributed by atoms with Crippen LogP contribution in [0.2, 0.25) is 0 Å². The molecule has 7 nitrogen and oxygen atoms in total. The number of carbonyl (C=O) groups is 1. The number of benzene rings is 3. The van der Waals surface area contributed by atoms with Crippen LogP contribution in [0.15, 0.2) is 77.8 Å². The number of ether oxygens (including phenoxy) is 2. The molecule has 0 saturated heterocycles. The van der Waals surface area contributed by atoms with E-state index >= 15 is 0 Å². The molecule has 0 atom stereocenters. The number of aromatic amines is 1. The van der Waals surface area contributed by atoms with Gasteiger partial charge in [0.15, 0.2) is 5.88 Å². The highest BCUT2D eigenvalue weighted by Crippen LogP contribution is 2.32. The fraction of sp³-hybridized carbons (Fsp3) is 0.241. The topological polar surface area (TPSA) is 87.2 Å². The number of hydrogen-bond donors (Lipinski definition) is 2. The van der Waals surface area contributed by atoms with E-state index in [0.717, 1.165) is 29.7 Å². The molecule has 0 bridgehead atoms. The number of esters is 1. The zero-order valence-corrected chi connectivity index (χ0v) is 20.8. The van der Waals surface area contributed by atoms with Gasteiger partial charge >= 0.3 is 5.97 Å². The minimum atomic E-state index is -0.403. The Morgan fingerprint density at radius 3 is 2.47 bits per heavy atom. The second kappa shape index (κ2) is 11.7. The van der Waals surface area contributed by atoms with E-state index in [2.05, 4.69) is 29.1 Å². The molecule has 0 saturated carbocycles. The molecule has 186 valence electrons. The number of aliphatic imine (C=N–C) groups is 1. The number of aromatic hydroxyl groups is 1. The van der Waals surface area contributed by atoms with Crippen molar-refractivity contribution in [3.05, 3.63) is 95.1 Å². The van der Waals surface area contributed by atoms with Crippen LogP contribution < -0.4 is 0 Å². The van der Waals surface area contributed by atoms with Gasteiger partial charge in [-0.1, -0.05) is 48.5 Å². The summed E-state index contributed by atoms with van der Waals surface area (Å²) in [5.41, 5.74) is 5.08. The molecule has 0 fully saturated rings. The monoisotopic (exact) mass is 485 g/mol. The van der Waals surface area contributed by atoms with Crippen molar-refractivity contribution in [3.8, 4) is 5.88 Å². The van der Waals surface area contributed by atoms with Gasteiger partial charge in [0.25, 0.3) is 0 Å². The van der Waals surface area contributed by atoms with Crippen LogP contribution in [-0.2, 0) is 16.0 Å². The van der Waals surface area contributed by atoms with Crippen LogP contribution in [0, 0.1) is 0 Å². The summed E-state index contributed by atoms with van der Waals surface area (Å²) in [6.45, 7) is 4.42. The summed E-state index contributed by atoms with van der Waals surface area (Å²) < 4.78 is 10.3. The van der Waals surface area contributed by atoms with E-state index in [1.807, 2.05) is 48.5 Å². The molecule has 0 radical (unpaired) electrons. The lowest BCUT2D eigenvalue weighted by Crippen LogP contribution is -2.22. The molecule has 1 aromatic heterocycles. The van der Waals surface area contributed by atoms with Crippen LogP contribution in [0.25, 0.3) is 10.9 Å². The van der Waals surface area contributed by atoms with Crippen molar-refractivity contribution in [1.29, 1.82) is 0 Å². The van der Waals surface area contributed by atoms with Gasteiger partial charge in [-0.2, -0.15) is 0 Å². The average Bonchev–Trinajstić information content (AvgIpc) is 3.22. The Morgan fingerprint density at radius 1 is 1.03 bits per heavy atom. The van der Waals surface area contributed by atoms with Gasteiger partial charge in [0, 0.05) is 36.7 Å². The first kappa shape index (κ1) is 25.2. The second-order valence-electron chi connectivity index (χ2n) is 8.55. The summed E-state index contributed by atoms with van der Waals surface area (Å²) in [4.78, 5) is 22.3. The Kier molecular flexibility index (Phi) is 8.15. The highest BCUT2D eigenvalue weighted by molar-refractivity contribution is 6.22. The summed E-state index contributed by atoms with van der Waals surface area (Å²) in [7, 11) is 3.77. The van der Waals surface area contributed by atoms with E-state index in [9.17, 15) is 9.90 Å². The van der Waals surface area contributed by atoms with Gasteiger partial charge in [-0.05, 0) is 43.8 Å². The third-order valence-electron chi connectivity index (χ3n) is 5.88. The van der Waals surface area contributed by atoms with Crippen LogP contribution in [0.1, 0.15) is 34.0 Å². The van der Waals surface area contributed by atoms with E-state index in [0.29, 0.717) is 35.6 Å². The van der Waals surface area contributed by atoms with Crippen molar-refractivity contribution in [3.63, 3.8) is 0 Å². The van der Waals surface area contributed by atoms with Gasteiger partial charge < -0.3 is 19.6 Å². The zero-order chi connectivity index (χ0) is 25.5. The molecular weight excluding hydrogens is 454 g/mol. The minimum absolute atomic E-state index is 0.00926. The maximum atomic E-state index is 12.2. The standard InChI is InChI=1S/C29H31N3O4/c1-4-36-29(34)22-12-15-24-25(18-22)31-28(33)26(24)27(21-8-6-5-7-9-21)30-23-13-10-20(11-14-23)19-32(2)16-17-35-3/h5-15,18,31,33H,4,16-17,19H2,1-3H3. The molecule has 7 heteroatoms. The number of nitrogens with one attached hydrogen (secondary N) is 1. The van der Waals surface area contributed by atoms with E-state index in [1.165, 1.54) is 5.56 Å². The van der Waals surface area contributed by atoms with Crippen LogP contribution in [0.5, 0.6) is 5.88 Å². The van der Waals surface area contributed by atoms with Gasteiger partial charge in [-0.15, -0.1) is 0 Å². The van der Waals surface area contributed by atoms with Crippen molar-refractivity contribution in [2.24, 2.45) is 4.99 Å². The number of nitrogens with zero attached hydrogens (tertiary/aromatic N) is 2. The molecule has 2 N–H and O–H groups in total. The molecule has 36 heavy (non-hydrogen) atoms. The molecular formula is C29H31N3O4. The SMILES string of the molecule is CCOC(=O)c1ccc2c(C(=Nc3ccc(CN(C)CCOC)cc3)c3ccccc3)c(O)[nH]c2c1. The first-order valence-corrected chi connectivity index (χ1v) is 11.9. The molecule has 0 aliphatic rings. The summed E-state index contributed by atoms with van der Waals surface area (Å²) in [6.07, 6.45) is 0. The minimum Gasteiger partial charge on any atom is -0.494 e. The number of fused-ring (bicyclic) bond motifs is 1. The van der Waals surface area contributed by atoms with Gasteiger partial charge in [0.05, 0.1) is 35.7 Å². The smallest absolute Gasteiger partial charge is 0.338 e. The fourth-order valence-corrected chi connectivity index (χ4v) is 4.07. The van der Waals surface area contributed by atoms with E-state index in [-0.39, 0.29) is 5.88 Å². The summed E-state index contributed by atoms with van der Waals surface area (Å²) in [5, 5.41) is 11.7. The average molecular weight is 486 g/mol. The number of methoxy groups -OCH3 is 1. The summed E-state index contributed by atoms with van der Waals surface area (Å²) >= 11 is 0. The van der Waals surface area contributed by atoms with Crippen molar-refractivity contribution < 1.29 is 19.4 Å². The summed E-state index contributed by atoms with van der Waals surface area (Å²) in [5.74, 6) is -0.412. The third kappa shape index (κ3) is 5.82. The van der Waals surface area contributed by atoms with Crippen molar-refractivity contribution in [1.82, 2.24) is 9.88 Å². The molecule has 4 aromatic rings. The lowest BCUT2D eigenvalue weighted by Gasteiger charge is -2.16. The predicted molar refractivity (Wildman–Crippen MR) is 142 cm³/mol.